The highest BCUT2D eigenvalue weighted by Gasteiger charge is 1.91. The van der Waals surface area contributed by atoms with E-state index in [9.17, 15) is 4.39 Å². The highest BCUT2D eigenvalue weighted by Crippen LogP contribution is 2.02. The van der Waals surface area contributed by atoms with Crippen LogP contribution in [-0.2, 0) is 11.5 Å². The molecule has 2 nitrogen and oxygen atoms in total. The zero-order valence-corrected chi connectivity index (χ0v) is 5.25. The lowest BCUT2D eigenvalue weighted by molar-refractivity contribution is -0.253. The molecular formula is C7H7FO2. The van der Waals surface area contributed by atoms with Crippen LogP contribution in [-0.4, -0.2) is 5.26 Å². The Bertz CT molecular complexity index is 195. The molecule has 0 aliphatic rings. The van der Waals surface area contributed by atoms with Crippen LogP contribution in [0.5, 0.6) is 0 Å². The average molecular weight is 142 g/mol. The van der Waals surface area contributed by atoms with Gasteiger partial charge < -0.3 is 0 Å². The number of benzene rings is 1. The van der Waals surface area contributed by atoms with Crippen molar-refractivity contribution in [2.24, 2.45) is 0 Å². The summed E-state index contributed by atoms with van der Waals surface area (Å²) in [6.07, 6.45) is 0. The summed E-state index contributed by atoms with van der Waals surface area (Å²) in [4.78, 5) is 3.85. The Kier molecular flexibility index (Phi) is 2.36. The molecule has 0 atom stereocenters. The number of hydrogen-bond donors (Lipinski definition) is 1. The Hall–Kier alpha value is -0.930. The SMILES string of the molecule is OOCc1ccc(F)cc1. The summed E-state index contributed by atoms with van der Waals surface area (Å²) in [7, 11) is 0. The largest absolute Gasteiger partial charge is 0.251 e. The molecule has 54 valence electrons. The van der Waals surface area contributed by atoms with E-state index in [-0.39, 0.29) is 12.4 Å². The third-order valence-corrected chi connectivity index (χ3v) is 1.14. The predicted molar refractivity (Wildman–Crippen MR) is 33.8 cm³/mol. The predicted octanol–water partition coefficient (Wildman–Crippen LogP) is 1.82. The van der Waals surface area contributed by atoms with Crippen molar-refractivity contribution >= 4 is 0 Å². The van der Waals surface area contributed by atoms with Crippen LogP contribution in [0.25, 0.3) is 0 Å². The third kappa shape index (κ3) is 1.79. The van der Waals surface area contributed by atoms with Crippen LogP contribution in [0, 0.1) is 5.82 Å². The fraction of sp³-hybridized carbons (Fsp3) is 0.143. The molecule has 10 heavy (non-hydrogen) atoms. The van der Waals surface area contributed by atoms with Gasteiger partial charge in [0.15, 0.2) is 0 Å². The Morgan fingerprint density at radius 3 is 2.40 bits per heavy atom. The summed E-state index contributed by atoms with van der Waals surface area (Å²) < 4.78 is 12.2. The van der Waals surface area contributed by atoms with Crippen molar-refractivity contribution in [2.45, 2.75) is 6.61 Å². The molecule has 0 aliphatic heterocycles. The van der Waals surface area contributed by atoms with Crippen LogP contribution in [0.3, 0.4) is 0 Å². The van der Waals surface area contributed by atoms with Gasteiger partial charge in [0, 0.05) is 0 Å². The van der Waals surface area contributed by atoms with Gasteiger partial charge in [0.1, 0.15) is 12.4 Å². The molecule has 0 aromatic heterocycles. The van der Waals surface area contributed by atoms with Gasteiger partial charge in [-0.05, 0) is 17.7 Å². The maximum absolute atomic E-state index is 12.2. The monoisotopic (exact) mass is 142 g/mol. The van der Waals surface area contributed by atoms with Crippen molar-refractivity contribution in [3.8, 4) is 0 Å². The van der Waals surface area contributed by atoms with E-state index in [2.05, 4.69) is 4.89 Å². The van der Waals surface area contributed by atoms with E-state index in [0.717, 1.165) is 5.56 Å². The zero-order chi connectivity index (χ0) is 7.40. The van der Waals surface area contributed by atoms with Gasteiger partial charge in [0.05, 0.1) is 0 Å². The fourth-order valence-corrected chi connectivity index (χ4v) is 0.655. The second-order valence-corrected chi connectivity index (χ2v) is 1.90. The summed E-state index contributed by atoms with van der Waals surface area (Å²) in [5, 5.41) is 8.00. The molecule has 0 radical (unpaired) electrons. The van der Waals surface area contributed by atoms with Crippen molar-refractivity contribution < 1.29 is 14.5 Å². The molecule has 0 spiro atoms. The summed E-state index contributed by atoms with van der Waals surface area (Å²) in [6, 6.07) is 5.72. The summed E-state index contributed by atoms with van der Waals surface area (Å²) in [5.74, 6) is -0.290. The van der Waals surface area contributed by atoms with Crippen LogP contribution < -0.4 is 0 Å². The Labute approximate surface area is 57.8 Å². The van der Waals surface area contributed by atoms with Crippen molar-refractivity contribution in [3.05, 3.63) is 35.6 Å². The topological polar surface area (TPSA) is 29.5 Å². The number of rotatable bonds is 2. The van der Waals surface area contributed by atoms with Crippen LogP contribution in [0.2, 0.25) is 0 Å². The highest BCUT2D eigenvalue weighted by molar-refractivity contribution is 5.14. The van der Waals surface area contributed by atoms with E-state index in [1.807, 2.05) is 0 Å². The molecule has 0 saturated carbocycles. The highest BCUT2D eigenvalue weighted by atomic mass is 19.1. The van der Waals surface area contributed by atoms with E-state index >= 15 is 0 Å². The van der Waals surface area contributed by atoms with Crippen molar-refractivity contribution in [1.82, 2.24) is 0 Å². The molecule has 1 rings (SSSR count). The molecule has 0 aliphatic carbocycles. The molecule has 1 N–H and O–H groups in total. The third-order valence-electron chi connectivity index (χ3n) is 1.14. The van der Waals surface area contributed by atoms with E-state index in [1.54, 1.807) is 12.1 Å². The molecule has 0 bridgehead atoms. The quantitative estimate of drug-likeness (QED) is 0.504. The molecule has 0 heterocycles. The van der Waals surface area contributed by atoms with Gasteiger partial charge in [-0.2, -0.15) is 0 Å². The molecule has 1 aromatic carbocycles. The molecule has 3 heteroatoms. The Balaban J connectivity index is 2.69. The maximum Gasteiger partial charge on any atom is 0.123 e. The minimum Gasteiger partial charge on any atom is -0.251 e. The zero-order valence-electron chi connectivity index (χ0n) is 5.25. The second kappa shape index (κ2) is 3.29. The van der Waals surface area contributed by atoms with Crippen LogP contribution in [0.15, 0.2) is 24.3 Å². The lowest BCUT2D eigenvalue weighted by Gasteiger charge is -1.95. The Morgan fingerprint density at radius 2 is 1.90 bits per heavy atom. The first-order valence-corrected chi connectivity index (χ1v) is 2.84. The molecule has 0 saturated heterocycles. The van der Waals surface area contributed by atoms with Gasteiger partial charge in [0.2, 0.25) is 0 Å². The van der Waals surface area contributed by atoms with Crippen molar-refractivity contribution in [1.29, 1.82) is 0 Å². The van der Waals surface area contributed by atoms with Crippen LogP contribution in [0.4, 0.5) is 4.39 Å². The van der Waals surface area contributed by atoms with Gasteiger partial charge in [-0.15, -0.1) is 0 Å². The lowest BCUT2D eigenvalue weighted by Crippen LogP contribution is -1.86. The molecular weight excluding hydrogens is 135 g/mol. The second-order valence-electron chi connectivity index (χ2n) is 1.90. The first kappa shape index (κ1) is 7.18. The molecule has 1 aromatic rings. The van der Waals surface area contributed by atoms with Crippen molar-refractivity contribution in [2.75, 3.05) is 0 Å². The lowest BCUT2D eigenvalue weighted by atomic mass is 10.2. The van der Waals surface area contributed by atoms with E-state index in [4.69, 9.17) is 5.26 Å². The minimum atomic E-state index is -0.290. The number of hydrogen-bond acceptors (Lipinski definition) is 2. The number of halogens is 1. The van der Waals surface area contributed by atoms with Crippen LogP contribution in [0.1, 0.15) is 5.56 Å². The van der Waals surface area contributed by atoms with Gasteiger partial charge in [-0.1, -0.05) is 12.1 Å². The van der Waals surface area contributed by atoms with Gasteiger partial charge in [0.25, 0.3) is 0 Å². The fourth-order valence-electron chi connectivity index (χ4n) is 0.655. The summed E-state index contributed by atoms with van der Waals surface area (Å²) in [5.41, 5.74) is 0.740. The average Bonchev–Trinajstić information content (AvgIpc) is 1.95. The Morgan fingerprint density at radius 1 is 1.30 bits per heavy atom. The maximum atomic E-state index is 12.2. The molecule has 0 fully saturated rings. The van der Waals surface area contributed by atoms with Gasteiger partial charge in [-0.25, -0.2) is 9.28 Å². The molecule has 0 unspecified atom stereocenters. The smallest absolute Gasteiger partial charge is 0.123 e. The van der Waals surface area contributed by atoms with Gasteiger partial charge >= 0.3 is 0 Å². The first-order chi connectivity index (χ1) is 4.83. The first-order valence-electron chi connectivity index (χ1n) is 2.84. The summed E-state index contributed by atoms with van der Waals surface area (Å²) in [6.45, 7) is 0.0975. The van der Waals surface area contributed by atoms with E-state index < -0.39 is 0 Å². The van der Waals surface area contributed by atoms with Gasteiger partial charge in [-0.3, -0.25) is 5.26 Å². The minimum absolute atomic E-state index is 0.0975. The van der Waals surface area contributed by atoms with E-state index in [0.29, 0.717) is 0 Å². The normalized spacial score (nSPS) is 9.80. The summed E-state index contributed by atoms with van der Waals surface area (Å²) >= 11 is 0. The van der Waals surface area contributed by atoms with E-state index in [1.165, 1.54) is 12.1 Å². The standard InChI is InChI=1S/C7H7FO2/c8-7-3-1-6(2-4-7)5-10-9/h1-4,9H,5H2. The van der Waals surface area contributed by atoms with Crippen molar-refractivity contribution in [3.63, 3.8) is 0 Å². The molecule has 0 amide bonds. The van der Waals surface area contributed by atoms with Crippen LogP contribution >= 0.6 is 0 Å².